The van der Waals surface area contributed by atoms with Crippen molar-refractivity contribution in [2.45, 2.75) is 45.6 Å². The first kappa shape index (κ1) is 22.5. The first-order valence-electron chi connectivity index (χ1n) is 11.1. The van der Waals surface area contributed by atoms with Gasteiger partial charge in [0.25, 0.3) is 0 Å². The van der Waals surface area contributed by atoms with Crippen molar-refractivity contribution in [1.29, 1.82) is 0 Å². The highest BCUT2D eigenvalue weighted by atomic mass is 35.5. The van der Waals surface area contributed by atoms with E-state index >= 15 is 0 Å². The number of hydrogen-bond donors (Lipinski definition) is 1. The largest absolute Gasteiger partial charge is 0.418 e. The maximum absolute atomic E-state index is 6.26. The summed E-state index contributed by atoms with van der Waals surface area (Å²) in [4.78, 5) is 21.2. The van der Waals surface area contributed by atoms with Gasteiger partial charge in [-0.2, -0.15) is 9.97 Å². The quantitative estimate of drug-likeness (QED) is 0.603. The number of aromatic nitrogens is 4. The molecule has 8 nitrogen and oxygen atoms in total. The smallest absolute Gasteiger partial charge is 0.243 e. The molecule has 170 valence electrons. The number of fused-ring (bicyclic) bond motifs is 1. The lowest BCUT2D eigenvalue weighted by atomic mass is 10.1. The van der Waals surface area contributed by atoms with Gasteiger partial charge in [-0.25, -0.2) is 9.97 Å². The van der Waals surface area contributed by atoms with Gasteiger partial charge in [0.15, 0.2) is 0 Å². The molecule has 9 heteroatoms. The lowest BCUT2D eigenvalue weighted by Crippen LogP contribution is -2.29. The summed E-state index contributed by atoms with van der Waals surface area (Å²) >= 11 is 0. The standard InChI is InChI=1S/C23H28N6O2.ClH/c1-15-20(25-17-9-13-30-14-10-17)27-23(29-11-5-6-12-29)28-21(15)31-22-16(2)24-18-7-3-4-8-19(18)26-22;/h3-4,7-8,17H,5-6,9-14H2,1-2H3,(H,25,27,28);1H. The highest BCUT2D eigenvalue weighted by Crippen LogP contribution is 2.32. The molecular weight excluding hydrogens is 428 g/mol. The van der Waals surface area contributed by atoms with E-state index in [0.717, 1.165) is 80.1 Å². The topological polar surface area (TPSA) is 85.3 Å². The van der Waals surface area contributed by atoms with Crippen LogP contribution in [0.2, 0.25) is 0 Å². The number of nitrogens with one attached hydrogen (secondary N) is 1. The number of halogens is 1. The van der Waals surface area contributed by atoms with Gasteiger partial charge in [-0.3, -0.25) is 0 Å². The molecule has 0 spiro atoms. The maximum atomic E-state index is 6.26. The van der Waals surface area contributed by atoms with Crippen LogP contribution in [0.4, 0.5) is 11.8 Å². The van der Waals surface area contributed by atoms with E-state index in [-0.39, 0.29) is 12.4 Å². The summed E-state index contributed by atoms with van der Waals surface area (Å²) in [5, 5.41) is 3.61. The second-order valence-corrected chi connectivity index (χ2v) is 8.23. The van der Waals surface area contributed by atoms with E-state index in [1.165, 1.54) is 0 Å². The summed E-state index contributed by atoms with van der Waals surface area (Å²) in [5.74, 6) is 2.54. The fourth-order valence-corrected chi connectivity index (χ4v) is 4.08. The number of aryl methyl sites for hydroxylation is 1. The SMILES string of the molecule is Cc1nc2ccccc2nc1Oc1nc(N2CCCC2)nc(NC2CCOCC2)c1C.Cl. The summed E-state index contributed by atoms with van der Waals surface area (Å²) < 4.78 is 11.8. The molecule has 0 aliphatic carbocycles. The van der Waals surface area contributed by atoms with Gasteiger partial charge in [0.05, 0.1) is 16.6 Å². The fraction of sp³-hybridized carbons (Fsp3) is 0.478. The van der Waals surface area contributed by atoms with E-state index in [1.54, 1.807) is 0 Å². The first-order valence-corrected chi connectivity index (χ1v) is 11.1. The van der Waals surface area contributed by atoms with E-state index in [0.29, 0.717) is 23.8 Å². The molecule has 4 heterocycles. The zero-order chi connectivity index (χ0) is 21.2. The van der Waals surface area contributed by atoms with E-state index in [2.05, 4.69) is 20.2 Å². The molecular formula is C23H29ClN6O2. The average Bonchev–Trinajstić information content (AvgIpc) is 3.32. The predicted octanol–water partition coefficient (Wildman–Crippen LogP) is 4.44. The third-order valence-electron chi connectivity index (χ3n) is 5.94. The molecule has 0 amide bonds. The van der Waals surface area contributed by atoms with Crippen molar-refractivity contribution < 1.29 is 9.47 Å². The van der Waals surface area contributed by atoms with Crippen molar-refractivity contribution >= 4 is 35.2 Å². The Kier molecular flexibility index (Phi) is 6.91. The molecule has 1 N–H and O–H groups in total. The van der Waals surface area contributed by atoms with Crippen molar-refractivity contribution in [2.75, 3.05) is 36.5 Å². The molecule has 2 fully saturated rings. The van der Waals surface area contributed by atoms with Crippen molar-refractivity contribution in [3.05, 3.63) is 35.5 Å². The molecule has 1 aromatic carbocycles. The van der Waals surface area contributed by atoms with Gasteiger partial charge in [-0.1, -0.05) is 12.1 Å². The summed E-state index contributed by atoms with van der Waals surface area (Å²) in [6, 6.07) is 8.14. The van der Waals surface area contributed by atoms with Crippen LogP contribution in [0.3, 0.4) is 0 Å². The predicted molar refractivity (Wildman–Crippen MR) is 127 cm³/mol. The van der Waals surface area contributed by atoms with Gasteiger partial charge in [-0.05, 0) is 51.7 Å². The van der Waals surface area contributed by atoms with Crippen LogP contribution in [0.1, 0.15) is 36.9 Å². The van der Waals surface area contributed by atoms with Crippen LogP contribution in [0.25, 0.3) is 11.0 Å². The molecule has 3 aromatic rings. The molecule has 2 saturated heterocycles. The normalized spacial score (nSPS) is 16.8. The Balaban J connectivity index is 0.00000245. The monoisotopic (exact) mass is 456 g/mol. The number of anilines is 2. The van der Waals surface area contributed by atoms with Crippen molar-refractivity contribution in [3.8, 4) is 11.8 Å². The second-order valence-electron chi connectivity index (χ2n) is 8.23. The Bertz CT molecular complexity index is 1080. The molecule has 0 bridgehead atoms. The Morgan fingerprint density at radius 2 is 1.62 bits per heavy atom. The van der Waals surface area contributed by atoms with Crippen LogP contribution in [0, 0.1) is 13.8 Å². The van der Waals surface area contributed by atoms with Crippen LogP contribution in [0.5, 0.6) is 11.8 Å². The minimum atomic E-state index is 0. The Morgan fingerprint density at radius 1 is 0.938 bits per heavy atom. The number of rotatable bonds is 5. The Morgan fingerprint density at radius 3 is 2.34 bits per heavy atom. The zero-order valence-electron chi connectivity index (χ0n) is 18.5. The lowest BCUT2D eigenvalue weighted by Gasteiger charge is -2.26. The number of nitrogens with zero attached hydrogens (tertiary/aromatic N) is 5. The summed E-state index contributed by atoms with van der Waals surface area (Å²) in [7, 11) is 0. The lowest BCUT2D eigenvalue weighted by molar-refractivity contribution is 0.0903. The molecule has 5 rings (SSSR count). The number of hydrogen-bond acceptors (Lipinski definition) is 8. The maximum Gasteiger partial charge on any atom is 0.243 e. The average molecular weight is 457 g/mol. The number of para-hydroxylation sites is 2. The van der Waals surface area contributed by atoms with E-state index in [4.69, 9.17) is 19.4 Å². The van der Waals surface area contributed by atoms with Crippen molar-refractivity contribution in [2.24, 2.45) is 0 Å². The Labute approximate surface area is 194 Å². The van der Waals surface area contributed by atoms with Crippen molar-refractivity contribution in [3.63, 3.8) is 0 Å². The highest BCUT2D eigenvalue weighted by molar-refractivity contribution is 5.85. The first-order chi connectivity index (χ1) is 15.2. The molecule has 0 atom stereocenters. The third-order valence-corrected chi connectivity index (χ3v) is 5.94. The van der Waals surface area contributed by atoms with E-state index in [1.807, 2.05) is 38.1 Å². The van der Waals surface area contributed by atoms with Gasteiger partial charge in [0, 0.05) is 32.3 Å². The zero-order valence-corrected chi connectivity index (χ0v) is 19.3. The summed E-state index contributed by atoms with van der Waals surface area (Å²) in [5.41, 5.74) is 3.27. The molecule has 0 saturated carbocycles. The van der Waals surface area contributed by atoms with Gasteiger partial charge in [-0.15, -0.1) is 12.4 Å². The molecule has 2 aliphatic heterocycles. The molecule has 0 radical (unpaired) electrons. The number of benzene rings is 1. The van der Waals surface area contributed by atoms with Crippen LogP contribution < -0.4 is 15.0 Å². The molecule has 0 unspecified atom stereocenters. The summed E-state index contributed by atoms with van der Waals surface area (Å²) in [6.07, 6.45) is 4.25. The van der Waals surface area contributed by atoms with Gasteiger partial charge in [0.2, 0.25) is 17.7 Å². The van der Waals surface area contributed by atoms with Crippen LogP contribution in [0.15, 0.2) is 24.3 Å². The highest BCUT2D eigenvalue weighted by Gasteiger charge is 2.23. The van der Waals surface area contributed by atoms with Gasteiger partial charge >= 0.3 is 0 Å². The van der Waals surface area contributed by atoms with Crippen LogP contribution in [-0.4, -0.2) is 52.3 Å². The van der Waals surface area contributed by atoms with E-state index < -0.39 is 0 Å². The van der Waals surface area contributed by atoms with Gasteiger partial charge < -0.3 is 19.7 Å². The number of ether oxygens (including phenoxy) is 2. The third kappa shape index (κ3) is 4.71. The van der Waals surface area contributed by atoms with Crippen molar-refractivity contribution in [1.82, 2.24) is 19.9 Å². The van der Waals surface area contributed by atoms with Crippen LogP contribution >= 0.6 is 12.4 Å². The molecule has 32 heavy (non-hydrogen) atoms. The minimum absolute atomic E-state index is 0. The van der Waals surface area contributed by atoms with E-state index in [9.17, 15) is 0 Å². The van der Waals surface area contributed by atoms with Crippen LogP contribution in [-0.2, 0) is 4.74 Å². The Hall–Kier alpha value is -2.71. The van der Waals surface area contributed by atoms with Gasteiger partial charge in [0.1, 0.15) is 11.5 Å². The summed E-state index contributed by atoms with van der Waals surface area (Å²) in [6.45, 7) is 7.39. The molecule has 2 aliphatic rings. The second kappa shape index (κ2) is 9.83. The molecule has 2 aromatic heterocycles. The minimum Gasteiger partial charge on any atom is -0.418 e. The fourth-order valence-electron chi connectivity index (χ4n) is 4.08.